The molecule has 2 aliphatic rings. The van der Waals surface area contributed by atoms with Gasteiger partial charge in [-0.25, -0.2) is 4.99 Å². The second-order valence-electron chi connectivity index (χ2n) is 7.66. The Labute approximate surface area is 186 Å². The van der Waals surface area contributed by atoms with Gasteiger partial charge in [0.15, 0.2) is 5.96 Å². The highest BCUT2D eigenvalue weighted by molar-refractivity contribution is 14.0. The molecule has 1 unspecified atom stereocenters. The Balaban J connectivity index is 0.00000280. The maximum atomic E-state index is 11.9. The molecule has 28 heavy (non-hydrogen) atoms. The number of carbonyl (C=O) groups is 1. The summed E-state index contributed by atoms with van der Waals surface area (Å²) in [6.07, 6.45) is 4.19. The van der Waals surface area contributed by atoms with E-state index in [1.165, 1.54) is 19.4 Å². The number of piperidine rings is 1. The van der Waals surface area contributed by atoms with Crippen molar-refractivity contribution in [1.82, 2.24) is 15.5 Å². The molecule has 2 heterocycles. The Morgan fingerprint density at radius 1 is 1.18 bits per heavy atom. The molecule has 0 spiro atoms. The van der Waals surface area contributed by atoms with E-state index in [4.69, 9.17) is 4.99 Å². The zero-order valence-corrected chi connectivity index (χ0v) is 19.4. The number of benzene rings is 1. The monoisotopic (exact) mass is 499 g/mol. The minimum atomic E-state index is 0. The van der Waals surface area contributed by atoms with Gasteiger partial charge in [0, 0.05) is 38.3 Å². The molecule has 0 radical (unpaired) electrons. The van der Waals surface area contributed by atoms with Gasteiger partial charge in [0.1, 0.15) is 0 Å². The van der Waals surface area contributed by atoms with Crippen LogP contribution in [0.5, 0.6) is 0 Å². The van der Waals surface area contributed by atoms with E-state index in [1.54, 1.807) is 0 Å². The molecule has 0 saturated carbocycles. The number of rotatable bonds is 6. The third-order valence-electron chi connectivity index (χ3n) is 5.37. The Morgan fingerprint density at radius 2 is 1.96 bits per heavy atom. The molecule has 6 nitrogen and oxygen atoms in total. The highest BCUT2D eigenvalue weighted by atomic mass is 127. The highest BCUT2D eigenvalue weighted by Crippen LogP contribution is 2.21. The van der Waals surface area contributed by atoms with Crippen LogP contribution in [0.25, 0.3) is 0 Å². The van der Waals surface area contributed by atoms with Crippen LogP contribution >= 0.6 is 24.0 Å². The van der Waals surface area contributed by atoms with E-state index in [-0.39, 0.29) is 29.9 Å². The minimum Gasteiger partial charge on any atom is -0.357 e. The summed E-state index contributed by atoms with van der Waals surface area (Å²) in [7, 11) is 2.20. The van der Waals surface area contributed by atoms with Crippen molar-refractivity contribution in [3.63, 3.8) is 0 Å². The first-order valence-corrected chi connectivity index (χ1v) is 10.3. The fraction of sp³-hybridized carbons (Fsp3) is 0.619. The zero-order chi connectivity index (χ0) is 19.1. The third-order valence-corrected chi connectivity index (χ3v) is 5.37. The SMILES string of the molecule is CCNC(=NCc1ccc(N2CCCC2=O)cc1)NCC1CCCN(C)C1.I. The van der Waals surface area contributed by atoms with Gasteiger partial charge in [-0.15, -0.1) is 24.0 Å². The lowest BCUT2D eigenvalue weighted by Gasteiger charge is -2.30. The Hall–Kier alpha value is -1.35. The molecule has 2 saturated heterocycles. The summed E-state index contributed by atoms with van der Waals surface area (Å²) in [4.78, 5) is 20.9. The number of amides is 1. The largest absolute Gasteiger partial charge is 0.357 e. The van der Waals surface area contributed by atoms with E-state index in [1.807, 2.05) is 17.0 Å². The molecule has 0 aliphatic carbocycles. The smallest absolute Gasteiger partial charge is 0.227 e. The summed E-state index contributed by atoms with van der Waals surface area (Å²) in [6, 6.07) is 8.22. The zero-order valence-electron chi connectivity index (χ0n) is 17.1. The predicted molar refractivity (Wildman–Crippen MR) is 126 cm³/mol. The van der Waals surface area contributed by atoms with Crippen LogP contribution in [0.2, 0.25) is 0 Å². The first-order chi connectivity index (χ1) is 13.2. The van der Waals surface area contributed by atoms with Crippen molar-refractivity contribution >= 4 is 41.5 Å². The van der Waals surface area contributed by atoms with Gasteiger partial charge in [0.25, 0.3) is 0 Å². The van der Waals surface area contributed by atoms with Crippen LogP contribution in [0.4, 0.5) is 5.69 Å². The van der Waals surface area contributed by atoms with Gasteiger partial charge in [-0.1, -0.05) is 12.1 Å². The molecule has 0 aromatic heterocycles. The van der Waals surface area contributed by atoms with E-state index < -0.39 is 0 Å². The molecular weight excluding hydrogens is 465 g/mol. The van der Waals surface area contributed by atoms with Crippen molar-refractivity contribution in [2.75, 3.05) is 44.7 Å². The number of anilines is 1. The summed E-state index contributed by atoms with van der Waals surface area (Å²) >= 11 is 0. The summed E-state index contributed by atoms with van der Waals surface area (Å²) in [6.45, 7) is 7.74. The molecule has 3 rings (SSSR count). The molecule has 2 aliphatic heterocycles. The van der Waals surface area contributed by atoms with E-state index in [0.29, 0.717) is 18.9 Å². The average molecular weight is 499 g/mol. The molecule has 2 fully saturated rings. The number of halogens is 1. The quantitative estimate of drug-likeness (QED) is 0.359. The first-order valence-electron chi connectivity index (χ1n) is 10.3. The Morgan fingerprint density at radius 3 is 2.61 bits per heavy atom. The van der Waals surface area contributed by atoms with Crippen molar-refractivity contribution in [3.05, 3.63) is 29.8 Å². The molecule has 2 N–H and O–H groups in total. The normalized spacial score (nSPS) is 20.8. The van der Waals surface area contributed by atoms with E-state index in [0.717, 1.165) is 49.8 Å². The molecule has 1 aromatic carbocycles. The molecule has 156 valence electrons. The number of nitrogens with one attached hydrogen (secondary N) is 2. The van der Waals surface area contributed by atoms with Crippen molar-refractivity contribution < 1.29 is 4.79 Å². The van der Waals surface area contributed by atoms with Gasteiger partial charge >= 0.3 is 0 Å². The number of guanidine groups is 1. The summed E-state index contributed by atoms with van der Waals surface area (Å²) in [5.74, 6) is 1.79. The number of likely N-dealkylation sites (tertiary alicyclic amines) is 1. The van der Waals surface area contributed by atoms with Crippen LogP contribution in [0, 0.1) is 5.92 Å². The Bertz CT molecular complexity index is 649. The van der Waals surface area contributed by atoms with E-state index >= 15 is 0 Å². The van der Waals surface area contributed by atoms with Crippen molar-refractivity contribution in [2.45, 2.75) is 39.2 Å². The second kappa shape index (κ2) is 11.6. The van der Waals surface area contributed by atoms with Crippen LogP contribution in [-0.4, -0.2) is 56.5 Å². The van der Waals surface area contributed by atoms with Gasteiger partial charge in [0.2, 0.25) is 5.91 Å². The molecule has 1 amide bonds. The standard InChI is InChI=1S/C21H33N5O.HI/c1-3-22-21(24-15-18-6-4-12-25(2)16-18)23-14-17-8-10-19(11-9-17)26-13-5-7-20(26)27;/h8-11,18H,3-7,12-16H2,1-2H3,(H2,22,23,24);1H. The summed E-state index contributed by atoms with van der Waals surface area (Å²) in [5.41, 5.74) is 2.15. The van der Waals surface area contributed by atoms with E-state index in [9.17, 15) is 4.79 Å². The number of nitrogens with zero attached hydrogens (tertiary/aromatic N) is 3. The van der Waals surface area contributed by atoms with E-state index in [2.05, 4.69) is 41.6 Å². The fourth-order valence-electron chi connectivity index (χ4n) is 3.90. The Kier molecular flexibility index (Phi) is 9.50. The summed E-state index contributed by atoms with van der Waals surface area (Å²) < 4.78 is 0. The van der Waals surface area contributed by atoms with Gasteiger partial charge < -0.3 is 20.4 Å². The minimum absolute atomic E-state index is 0. The van der Waals surface area contributed by atoms with Crippen molar-refractivity contribution in [3.8, 4) is 0 Å². The van der Waals surface area contributed by atoms with Crippen LogP contribution in [0.15, 0.2) is 29.3 Å². The van der Waals surface area contributed by atoms with Crippen LogP contribution < -0.4 is 15.5 Å². The van der Waals surface area contributed by atoms with Gasteiger partial charge in [-0.3, -0.25) is 4.79 Å². The molecule has 1 atom stereocenters. The van der Waals surface area contributed by atoms with Gasteiger partial charge in [-0.2, -0.15) is 0 Å². The predicted octanol–water partition coefficient (Wildman–Crippen LogP) is 2.83. The average Bonchev–Trinajstić information content (AvgIpc) is 3.10. The first kappa shape index (κ1) is 22.9. The number of aliphatic imine (C=N–C) groups is 1. The number of carbonyl (C=O) groups excluding carboxylic acids is 1. The molecule has 7 heteroatoms. The summed E-state index contributed by atoms with van der Waals surface area (Å²) in [5, 5.41) is 6.84. The van der Waals surface area contributed by atoms with Gasteiger partial charge in [0.05, 0.1) is 6.54 Å². The maximum Gasteiger partial charge on any atom is 0.227 e. The second-order valence-corrected chi connectivity index (χ2v) is 7.66. The number of hydrogen-bond donors (Lipinski definition) is 2. The lowest BCUT2D eigenvalue weighted by atomic mass is 9.99. The topological polar surface area (TPSA) is 60.0 Å². The highest BCUT2D eigenvalue weighted by Gasteiger charge is 2.21. The lowest BCUT2D eigenvalue weighted by molar-refractivity contribution is -0.117. The van der Waals surface area contributed by atoms with Crippen LogP contribution in [0.3, 0.4) is 0 Å². The number of hydrogen-bond acceptors (Lipinski definition) is 3. The third kappa shape index (κ3) is 6.62. The molecule has 1 aromatic rings. The fourth-order valence-corrected chi connectivity index (χ4v) is 3.90. The molecular formula is C21H34IN5O. The van der Waals surface area contributed by atoms with Crippen molar-refractivity contribution in [2.24, 2.45) is 10.9 Å². The van der Waals surface area contributed by atoms with Crippen molar-refractivity contribution in [1.29, 1.82) is 0 Å². The lowest BCUT2D eigenvalue weighted by Crippen LogP contribution is -2.43. The maximum absolute atomic E-state index is 11.9. The van der Waals surface area contributed by atoms with Gasteiger partial charge in [-0.05, 0) is 63.4 Å². The van der Waals surface area contributed by atoms with Crippen LogP contribution in [-0.2, 0) is 11.3 Å². The molecule has 0 bridgehead atoms. The van der Waals surface area contributed by atoms with Crippen LogP contribution in [0.1, 0.15) is 38.2 Å².